The first kappa shape index (κ1) is 15.5. The van der Waals surface area contributed by atoms with Crippen molar-refractivity contribution in [3.8, 4) is 5.75 Å². The van der Waals surface area contributed by atoms with E-state index in [-0.39, 0.29) is 23.3 Å². The van der Waals surface area contributed by atoms with Crippen LogP contribution in [-0.4, -0.2) is 50.7 Å². The normalized spacial score (nSPS) is 21.9. The highest BCUT2D eigenvalue weighted by molar-refractivity contribution is 8.00. The summed E-state index contributed by atoms with van der Waals surface area (Å²) in [5, 5.41) is 21.8. The number of aromatic hydroxyl groups is 1. The van der Waals surface area contributed by atoms with E-state index in [1.807, 2.05) is 18.7 Å². The number of anilines is 1. The Bertz CT molecular complexity index is 564. The summed E-state index contributed by atoms with van der Waals surface area (Å²) in [5.41, 5.74) is -0.124. The number of carbonyl (C=O) groups excluding carboxylic acids is 1. The number of hydrogen-bond donors (Lipinski definition) is 3. The van der Waals surface area contributed by atoms with Crippen LogP contribution in [0.2, 0.25) is 0 Å². The van der Waals surface area contributed by atoms with Crippen LogP contribution in [0.15, 0.2) is 18.2 Å². The van der Waals surface area contributed by atoms with Gasteiger partial charge in [0.05, 0.1) is 5.69 Å². The number of phenols is 1. The van der Waals surface area contributed by atoms with Crippen LogP contribution in [-0.2, 0) is 0 Å². The lowest BCUT2D eigenvalue weighted by molar-refractivity contribution is 0.0693. The fourth-order valence-electron chi connectivity index (χ4n) is 2.22. The standard InChI is InChI=1S/C14H18N2O4S/c1-8-9(2)21-7-6-16(8)14(20)15-11-5-3-4-10(12(11)17)13(18)19/h3-5,8-9,17H,6-7H2,1-2H3,(H,15,20)(H,18,19). The van der Waals surface area contributed by atoms with Crippen molar-refractivity contribution in [1.82, 2.24) is 4.90 Å². The molecule has 0 saturated carbocycles. The molecule has 0 radical (unpaired) electrons. The van der Waals surface area contributed by atoms with Gasteiger partial charge >= 0.3 is 12.0 Å². The Morgan fingerprint density at radius 2 is 2.10 bits per heavy atom. The number of benzene rings is 1. The van der Waals surface area contributed by atoms with Gasteiger partial charge in [0.2, 0.25) is 0 Å². The first-order chi connectivity index (χ1) is 9.91. The van der Waals surface area contributed by atoms with E-state index in [9.17, 15) is 14.7 Å². The summed E-state index contributed by atoms with van der Waals surface area (Å²) < 4.78 is 0. The van der Waals surface area contributed by atoms with Crippen molar-refractivity contribution in [2.45, 2.75) is 25.1 Å². The van der Waals surface area contributed by atoms with Crippen LogP contribution in [0.5, 0.6) is 5.75 Å². The van der Waals surface area contributed by atoms with Gasteiger partial charge in [-0.15, -0.1) is 0 Å². The van der Waals surface area contributed by atoms with Crippen molar-refractivity contribution in [2.24, 2.45) is 0 Å². The topological polar surface area (TPSA) is 89.9 Å². The summed E-state index contributed by atoms with van der Waals surface area (Å²) in [6.07, 6.45) is 0. The average Bonchev–Trinajstić information content (AvgIpc) is 2.43. The van der Waals surface area contributed by atoms with E-state index in [0.717, 1.165) is 5.75 Å². The minimum absolute atomic E-state index is 0.0774. The maximum atomic E-state index is 12.3. The Hall–Kier alpha value is -1.89. The highest BCUT2D eigenvalue weighted by atomic mass is 32.2. The summed E-state index contributed by atoms with van der Waals surface area (Å²) >= 11 is 1.81. The van der Waals surface area contributed by atoms with E-state index in [1.165, 1.54) is 18.2 Å². The third-order valence-electron chi connectivity index (χ3n) is 3.65. The van der Waals surface area contributed by atoms with Crippen LogP contribution in [0.3, 0.4) is 0 Å². The quantitative estimate of drug-likeness (QED) is 0.730. The molecule has 1 aliphatic heterocycles. The molecule has 1 aliphatic rings. The molecular formula is C14H18N2O4S. The molecule has 0 aromatic heterocycles. The predicted octanol–water partition coefficient (Wildman–Crippen LogP) is 2.45. The number of carboxylic acid groups (broad SMARTS) is 1. The zero-order valence-electron chi connectivity index (χ0n) is 11.9. The maximum Gasteiger partial charge on any atom is 0.339 e. The number of carboxylic acids is 1. The minimum atomic E-state index is -1.24. The van der Waals surface area contributed by atoms with E-state index in [4.69, 9.17) is 5.11 Å². The molecule has 0 aliphatic carbocycles. The largest absolute Gasteiger partial charge is 0.505 e. The Morgan fingerprint density at radius 3 is 2.76 bits per heavy atom. The minimum Gasteiger partial charge on any atom is -0.505 e. The van der Waals surface area contributed by atoms with Crippen LogP contribution in [0.4, 0.5) is 10.5 Å². The van der Waals surface area contributed by atoms with Crippen molar-refractivity contribution < 1.29 is 19.8 Å². The van der Waals surface area contributed by atoms with Gasteiger partial charge in [0.25, 0.3) is 0 Å². The molecule has 0 spiro atoms. The Balaban J connectivity index is 2.16. The van der Waals surface area contributed by atoms with Crippen LogP contribution in [0.1, 0.15) is 24.2 Å². The second-order valence-corrected chi connectivity index (χ2v) is 6.43. The number of rotatable bonds is 2. The number of para-hydroxylation sites is 1. The average molecular weight is 310 g/mol. The smallest absolute Gasteiger partial charge is 0.339 e. The van der Waals surface area contributed by atoms with E-state index < -0.39 is 11.7 Å². The molecule has 114 valence electrons. The first-order valence-electron chi connectivity index (χ1n) is 6.66. The fourth-order valence-corrected chi connectivity index (χ4v) is 3.32. The Morgan fingerprint density at radius 1 is 1.38 bits per heavy atom. The number of thioether (sulfide) groups is 1. The van der Waals surface area contributed by atoms with Crippen LogP contribution in [0.25, 0.3) is 0 Å². The molecule has 3 N–H and O–H groups in total. The number of aromatic carboxylic acids is 1. The lowest BCUT2D eigenvalue weighted by Gasteiger charge is -2.37. The third kappa shape index (κ3) is 3.24. The maximum absolute atomic E-state index is 12.3. The van der Waals surface area contributed by atoms with Crippen molar-refractivity contribution in [1.29, 1.82) is 0 Å². The lowest BCUT2D eigenvalue weighted by atomic mass is 10.1. The van der Waals surface area contributed by atoms with Gasteiger partial charge in [-0.2, -0.15) is 11.8 Å². The molecule has 1 aromatic rings. The number of nitrogens with zero attached hydrogens (tertiary/aromatic N) is 1. The number of amides is 2. The molecule has 2 amide bonds. The fraction of sp³-hybridized carbons (Fsp3) is 0.429. The van der Waals surface area contributed by atoms with E-state index in [0.29, 0.717) is 11.8 Å². The molecule has 1 aromatic carbocycles. The number of carbonyl (C=O) groups is 2. The van der Waals surface area contributed by atoms with Gasteiger partial charge in [0, 0.05) is 23.6 Å². The van der Waals surface area contributed by atoms with Crippen molar-refractivity contribution in [3.05, 3.63) is 23.8 Å². The SMILES string of the molecule is CC1SCCN(C(=O)Nc2cccc(C(=O)O)c2O)C1C. The number of hydrogen-bond acceptors (Lipinski definition) is 4. The van der Waals surface area contributed by atoms with Gasteiger partial charge < -0.3 is 20.4 Å². The van der Waals surface area contributed by atoms with Gasteiger partial charge in [-0.1, -0.05) is 13.0 Å². The molecule has 2 atom stereocenters. The monoisotopic (exact) mass is 310 g/mol. The molecular weight excluding hydrogens is 292 g/mol. The molecule has 1 saturated heterocycles. The van der Waals surface area contributed by atoms with Crippen molar-refractivity contribution >= 4 is 29.4 Å². The van der Waals surface area contributed by atoms with Crippen LogP contribution < -0.4 is 5.32 Å². The Kier molecular flexibility index (Phi) is 4.62. The predicted molar refractivity (Wildman–Crippen MR) is 82.2 cm³/mol. The van der Waals surface area contributed by atoms with Crippen molar-refractivity contribution in [3.63, 3.8) is 0 Å². The number of urea groups is 1. The highest BCUT2D eigenvalue weighted by Gasteiger charge is 2.29. The molecule has 21 heavy (non-hydrogen) atoms. The van der Waals surface area contributed by atoms with Crippen LogP contribution >= 0.6 is 11.8 Å². The second-order valence-electron chi connectivity index (χ2n) is 4.95. The summed E-state index contributed by atoms with van der Waals surface area (Å²) in [5.74, 6) is -0.800. The van der Waals surface area contributed by atoms with E-state index in [2.05, 4.69) is 12.2 Å². The van der Waals surface area contributed by atoms with Gasteiger partial charge in [-0.25, -0.2) is 9.59 Å². The summed E-state index contributed by atoms with van der Waals surface area (Å²) in [7, 11) is 0. The zero-order chi connectivity index (χ0) is 15.6. The summed E-state index contributed by atoms with van der Waals surface area (Å²) in [4.78, 5) is 25.0. The van der Waals surface area contributed by atoms with E-state index >= 15 is 0 Å². The molecule has 2 unspecified atom stereocenters. The first-order valence-corrected chi connectivity index (χ1v) is 7.71. The van der Waals surface area contributed by atoms with E-state index in [1.54, 1.807) is 4.90 Å². The van der Waals surface area contributed by atoms with Crippen molar-refractivity contribution in [2.75, 3.05) is 17.6 Å². The molecule has 7 heteroatoms. The second kappa shape index (κ2) is 6.26. The molecule has 1 fully saturated rings. The zero-order valence-corrected chi connectivity index (χ0v) is 12.7. The Labute approximate surface area is 127 Å². The summed E-state index contributed by atoms with van der Waals surface area (Å²) in [6.45, 7) is 4.67. The highest BCUT2D eigenvalue weighted by Crippen LogP contribution is 2.29. The summed E-state index contributed by atoms with van der Waals surface area (Å²) in [6, 6.07) is 4.00. The van der Waals surface area contributed by atoms with Gasteiger partial charge in [0.1, 0.15) is 5.56 Å². The number of nitrogens with one attached hydrogen (secondary N) is 1. The van der Waals surface area contributed by atoms with Gasteiger partial charge in [-0.05, 0) is 19.1 Å². The lowest BCUT2D eigenvalue weighted by Crippen LogP contribution is -2.49. The van der Waals surface area contributed by atoms with Gasteiger partial charge in [0.15, 0.2) is 5.75 Å². The third-order valence-corrected chi connectivity index (χ3v) is 4.99. The molecule has 0 bridgehead atoms. The van der Waals surface area contributed by atoms with Gasteiger partial charge in [-0.3, -0.25) is 0 Å². The molecule has 6 nitrogen and oxygen atoms in total. The van der Waals surface area contributed by atoms with Crippen LogP contribution in [0, 0.1) is 0 Å². The molecule has 2 rings (SSSR count). The molecule has 1 heterocycles.